The molecule has 0 atom stereocenters. The van der Waals surface area contributed by atoms with Crippen LogP contribution >= 0.6 is 14.5 Å². The molecule has 0 aromatic heterocycles. The lowest BCUT2D eigenvalue weighted by Crippen LogP contribution is -3.00. The van der Waals surface area contributed by atoms with Crippen molar-refractivity contribution in [1.29, 1.82) is 0 Å². The van der Waals surface area contributed by atoms with Crippen molar-refractivity contribution in [3.63, 3.8) is 0 Å². The van der Waals surface area contributed by atoms with Gasteiger partial charge in [-0.15, -0.1) is 0 Å². The van der Waals surface area contributed by atoms with Gasteiger partial charge >= 0.3 is 0 Å². The fourth-order valence-corrected chi connectivity index (χ4v) is 16.4. The SMILES string of the molecule is [Br-].[Br-].c1ccc([P+](Cc2ccccc2-c2ccccc2C[P+](c2ccccc2)(c2ccccc2)c2ccccc2)(c2ccccc2)c2ccccc2)cc1. The van der Waals surface area contributed by atoms with Crippen molar-refractivity contribution >= 4 is 46.4 Å². The Labute approximate surface area is 343 Å². The Hall–Kier alpha value is -4.42. The van der Waals surface area contributed by atoms with E-state index in [1.165, 1.54) is 54.1 Å². The van der Waals surface area contributed by atoms with E-state index in [9.17, 15) is 0 Å². The van der Waals surface area contributed by atoms with Crippen LogP contribution in [0.5, 0.6) is 0 Å². The van der Waals surface area contributed by atoms with Gasteiger partial charge in [0.15, 0.2) is 0 Å². The molecule has 0 fully saturated rings. The third-order valence-corrected chi connectivity index (χ3v) is 19.0. The van der Waals surface area contributed by atoms with Gasteiger partial charge in [0.2, 0.25) is 0 Å². The van der Waals surface area contributed by atoms with Crippen LogP contribution in [0.1, 0.15) is 11.1 Å². The first kappa shape index (κ1) is 39.3. The highest BCUT2D eigenvalue weighted by atomic mass is 79.9. The first-order valence-electron chi connectivity index (χ1n) is 18.1. The second kappa shape index (κ2) is 18.3. The molecule has 8 rings (SSSR count). The summed E-state index contributed by atoms with van der Waals surface area (Å²) in [6.45, 7) is 0. The minimum Gasteiger partial charge on any atom is -1.00 e. The molecule has 8 aromatic rings. The molecular formula is C50H42Br2P2. The molecule has 0 aliphatic heterocycles. The van der Waals surface area contributed by atoms with E-state index in [2.05, 4.69) is 231 Å². The molecule has 0 unspecified atom stereocenters. The molecule has 0 N–H and O–H groups in total. The topological polar surface area (TPSA) is 0 Å². The van der Waals surface area contributed by atoms with E-state index < -0.39 is 14.5 Å². The van der Waals surface area contributed by atoms with Crippen LogP contribution in [0.4, 0.5) is 0 Å². The smallest absolute Gasteiger partial charge is 0.116 e. The average Bonchev–Trinajstić information content (AvgIpc) is 3.24. The Kier molecular flexibility index (Phi) is 13.3. The summed E-state index contributed by atoms with van der Waals surface area (Å²) in [4.78, 5) is 0. The molecule has 0 amide bonds. The number of hydrogen-bond acceptors (Lipinski definition) is 0. The standard InChI is InChI=1S/C50H42P2.2BrH/c1-7-25-43(26-8-1)51(44-27-9-2-10-28-44,45-29-11-3-12-30-45)39-41-23-19-21-37-49(41)50-38-22-20-24-42(50)40-52(46-31-13-4-14-32-46,47-33-15-5-16-34-47)48-35-17-6-18-36-48;;/h1-38H,39-40H2;2*1H/q+2;;/p-2. The first-order valence-corrected chi connectivity index (χ1v) is 22.0. The lowest BCUT2D eigenvalue weighted by atomic mass is 9.97. The maximum atomic E-state index is 2.38. The van der Waals surface area contributed by atoms with Gasteiger partial charge in [0.25, 0.3) is 0 Å². The second-order valence-corrected chi connectivity index (χ2v) is 20.2. The zero-order chi connectivity index (χ0) is 35.1. The third-order valence-electron chi connectivity index (χ3n) is 10.3. The molecule has 0 nitrogen and oxygen atoms in total. The molecule has 0 radical (unpaired) electrons. The van der Waals surface area contributed by atoms with E-state index in [-0.39, 0.29) is 34.0 Å². The summed E-state index contributed by atoms with van der Waals surface area (Å²) >= 11 is 0. The fourth-order valence-electron chi connectivity index (χ4n) is 7.89. The van der Waals surface area contributed by atoms with Crippen LogP contribution in [0.3, 0.4) is 0 Å². The summed E-state index contributed by atoms with van der Waals surface area (Å²) in [5.41, 5.74) is 5.39. The summed E-state index contributed by atoms with van der Waals surface area (Å²) in [6.07, 6.45) is 1.85. The van der Waals surface area contributed by atoms with Crippen molar-refractivity contribution in [1.82, 2.24) is 0 Å². The van der Waals surface area contributed by atoms with Crippen molar-refractivity contribution in [3.8, 4) is 11.1 Å². The average molecular weight is 865 g/mol. The molecule has 8 aromatic carbocycles. The number of hydrogen-bond donors (Lipinski definition) is 0. The Morgan fingerprint density at radius 3 is 0.630 bits per heavy atom. The van der Waals surface area contributed by atoms with Crippen LogP contribution in [-0.4, -0.2) is 0 Å². The zero-order valence-electron chi connectivity index (χ0n) is 30.0. The Bertz CT molecular complexity index is 1970. The molecular weight excluding hydrogens is 822 g/mol. The number of halogens is 2. The summed E-state index contributed by atoms with van der Waals surface area (Å²) in [7, 11) is -4.23. The first-order chi connectivity index (χ1) is 25.8. The molecule has 0 spiro atoms. The largest absolute Gasteiger partial charge is 1.00 e. The van der Waals surface area contributed by atoms with E-state index in [1.54, 1.807) is 0 Å². The molecule has 0 saturated carbocycles. The molecule has 4 heteroatoms. The van der Waals surface area contributed by atoms with Crippen LogP contribution in [0, 0.1) is 0 Å². The summed E-state index contributed by atoms with van der Waals surface area (Å²) < 4.78 is 0. The van der Waals surface area contributed by atoms with Crippen LogP contribution in [0.2, 0.25) is 0 Å². The Balaban J connectivity index is 0.00000249. The fraction of sp³-hybridized carbons (Fsp3) is 0.0400. The van der Waals surface area contributed by atoms with Gasteiger partial charge in [0.1, 0.15) is 46.4 Å². The lowest BCUT2D eigenvalue weighted by Gasteiger charge is -2.30. The van der Waals surface area contributed by atoms with Crippen molar-refractivity contribution in [2.45, 2.75) is 12.3 Å². The lowest BCUT2D eigenvalue weighted by molar-refractivity contribution is -0.00100. The van der Waals surface area contributed by atoms with Gasteiger partial charge in [-0.3, -0.25) is 0 Å². The molecule has 266 valence electrons. The minimum absolute atomic E-state index is 0. The van der Waals surface area contributed by atoms with Crippen molar-refractivity contribution < 1.29 is 34.0 Å². The van der Waals surface area contributed by atoms with Crippen LogP contribution < -0.4 is 65.8 Å². The van der Waals surface area contributed by atoms with Gasteiger partial charge in [-0.25, -0.2) is 0 Å². The maximum Gasteiger partial charge on any atom is 0.116 e. The van der Waals surface area contributed by atoms with Gasteiger partial charge in [0.05, 0.1) is 12.3 Å². The summed E-state index contributed by atoms with van der Waals surface area (Å²) in [5, 5.41) is 8.40. The molecule has 0 bridgehead atoms. The number of rotatable bonds is 11. The third kappa shape index (κ3) is 7.73. The highest BCUT2D eigenvalue weighted by Crippen LogP contribution is 2.61. The van der Waals surface area contributed by atoms with Gasteiger partial charge in [-0.05, 0) is 95.1 Å². The van der Waals surface area contributed by atoms with E-state index in [1.807, 2.05) is 0 Å². The van der Waals surface area contributed by atoms with E-state index in [4.69, 9.17) is 0 Å². The highest BCUT2D eigenvalue weighted by Gasteiger charge is 2.47. The van der Waals surface area contributed by atoms with E-state index in [0.29, 0.717) is 0 Å². The predicted octanol–water partition coefficient (Wildman–Crippen LogP) is 4.35. The minimum atomic E-state index is -2.12. The van der Waals surface area contributed by atoms with Crippen molar-refractivity contribution in [2.75, 3.05) is 0 Å². The zero-order valence-corrected chi connectivity index (χ0v) is 35.0. The molecule has 0 aliphatic rings. The van der Waals surface area contributed by atoms with Gasteiger partial charge in [-0.1, -0.05) is 158 Å². The van der Waals surface area contributed by atoms with E-state index >= 15 is 0 Å². The van der Waals surface area contributed by atoms with E-state index in [0.717, 1.165) is 12.3 Å². The quantitative estimate of drug-likeness (QED) is 0.170. The monoisotopic (exact) mass is 862 g/mol. The highest BCUT2D eigenvalue weighted by molar-refractivity contribution is 7.95. The Morgan fingerprint density at radius 1 is 0.222 bits per heavy atom. The predicted molar refractivity (Wildman–Crippen MR) is 230 cm³/mol. The van der Waals surface area contributed by atoms with Crippen molar-refractivity contribution in [3.05, 3.63) is 242 Å². The normalized spacial score (nSPS) is 11.2. The molecule has 0 aliphatic carbocycles. The second-order valence-electron chi connectivity index (χ2n) is 13.3. The van der Waals surface area contributed by atoms with Crippen LogP contribution in [-0.2, 0) is 12.3 Å². The Morgan fingerprint density at radius 2 is 0.407 bits per heavy atom. The molecule has 0 heterocycles. The number of benzene rings is 8. The van der Waals surface area contributed by atoms with Crippen LogP contribution in [0.25, 0.3) is 11.1 Å². The maximum absolute atomic E-state index is 2.38. The van der Waals surface area contributed by atoms with Crippen molar-refractivity contribution in [2.24, 2.45) is 0 Å². The van der Waals surface area contributed by atoms with Crippen LogP contribution in [0.15, 0.2) is 231 Å². The van der Waals surface area contributed by atoms with Gasteiger partial charge in [0, 0.05) is 0 Å². The van der Waals surface area contributed by atoms with Gasteiger partial charge < -0.3 is 34.0 Å². The van der Waals surface area contributed by atoms with Gasteiger partial charge in [-0.2, -0.15) is 0 Å². The summed E-state index contributed by atoms with van der Waals surface area (Å²) in [5.74, 6) is 0. The molecule has 54 heavy (non-hydrogen) atoms. The summed E-state index contributed by atoms with van der Waals surface area (Å²) in [6, 6.07) is 85.9. The molecule has 0 saturated heterocycles.